The average Bonchev–Trinajstić information content (AvgIpc) is 2.80. The van der Waals surface area contributed by atoms with E-state index in [9.17, 15) is 4.79 Å². The molecule has 0 saturated carbocycles. The fourth-order valence-corrected chi connectivity index (χ4v) is 2.64. The first-order valence-corrected chi connectivity index (χ1v) is 6.29. The van der Waals surface area contributed by atoms with Crippen LogP contribution in [0.15, 0.2) is 30.9 Å². The molecule has 0 aliphatic carbocycles. The van der Waals surface area contributed by atoms with Gasteiger partial charge in [-0.1, -0.05) is 12.1 Å². The van der Waals surface area contributed by atoms with Crippen molar-refractivity contribution in [2.75, 3.05) is 20.8 Å². The largest absolute Gasteiger partial charge is 0.493 e. The molecule has 1 saturated heterocycles. The molecule has 4 heteroatoms. The number of nitrogens with one attached hydrogen (secondary N) is 1. The molecule has 1 amide bonds. The van der Waals surface area contributed by atoms with Crippen molar-refractivity contribution in [1.29, 1.82) is 0 Å². The smallest absolute Gasteiger partial charge is 0.231 e. The molecule has 1 fully saturated rings. The zero-order valence-corrected chi connectivity index (χ0v) is 11.4. The molecular weight excluding hydrogens is 242 g/mol. The molecule has 19 heavy (non-hydrogen) atoms. The number of allylic oxidation sites excluding steroid dienone is 1. The first-order chi connectivity index (χ1) is 9.17. The maximum Gasteiger partial charge on any atom is 0.231 e. The van der Waals surface area contributed by atoms with Crippen molar-refractivity contribution in [2.24, 2.45) is 0 Å². The van der Waals surface area contributed by atoms with Crippen LogP contribution in [0.3, 0.4) is 0 Å². The van der Waals surface area contributed by atoms with E-state index in [0.717, 1.165) is 12.0 Å². The van der Waals surface area contributed by atoms with E-state index in [4.69, 9.17) is 9.47 Å². The number of ether oxygens (including phenoxy) is 2. The maximum absolute atomic E-state index is 12.2. The first kappa shape index (κ1) is 13.5. The number of carbonyl (C=O) groups excluding carboxylic acids is 1. The minimum atomic E-state index is -0.526. The van der Waals surface area contributed by atoms with Gasteiger partial charge in [0.1, 0.15) is 0 Å². The molecule has 102 valence electrons. The monoisotopic (exact) mass is 261 g/mol. The van der Waals surface area contributed by atoms with Gasteiger partial charge in [-0.15, -0.1) is 6.58 Å². The molecule has 1 atom stereocenters. The van der Waals surface area contributed by atoms with Gasteiger partial charge in [0.05, 0.1) is 19.6 Å². The van der Waals surface area contributed by atoms with Gasteiger partial charge in [0, 0.05) is 6.54 Å². The molecule has 2 rings (SSSR count). The number of amides is 1. The number of rotatable bonds is 5. The lowest BCUT2D eigenvalue weighted by molar-refractivity contribution is -0.123. The Balaban J connectivity index is 2.48. The van der Waals surface area contributed by atoms with Crippen molar-refractivity contribution in [2.45, 2.75) is 18.3 Å². The molecule has 1 heterocycles. The molecule has 1 aromatic rings. The van der Waals surface area contributed by atoms with Crippen molar-refractivity contribution in [3.63, 3.8) is 0 Å². The Morgan fingerprint density at radius 2 is 2.11 bits per heavy atom. The fourth-order valence-electron chi connectivity index (χ4n) is 2.64. The number of hydrogen-bond acceptors (Lipinski definition) is 3. The van der Waals surface area contributed by atoms with Crippen LogP contribution >= 0.6 is 0 Å². The molecule has 0 unspecified atom stereocenters. The molecule has 0 radical (unpaired) electrons. The average molecular weight is 261 g/mol. The summed E-state index contributed by atoms with van der Waals surface area (Å²) >= 11 is 0. The topological polar surface area (TPSA) is 47.6 Å². The molecule has 1 aliphatic heterocycles. The van der Waals surface area contributed by atoms with E-state index in [1.54, 1.807) is 20.3 Å². The highest BCUT2D eigenvalue weighted by Crippen LogP contribution is 2.39. The molecule has 1 aliphatic rings. The van der Waals surface area contributed by atoms with Crippen molar-refractivity contribution >= 4 is 5.91 Å². The van der Waals surface area contributed by atoms with Gasteiger partial charge < -0.3 is 14.8 Å². The molecule has 0 spiro atoms. The van der Waals surface area contributed by atoms with Gasteiger partial charge >= 0.3 is 0 Å². The van der Waals surface area contributed by atoms with Crippen LogP contribution in [0.1, 0.15) is 18.4 Å². The van der Waals surface area contributed by atoms with E-state index in [1.165, 1.54) is 0 Å². The van der Waals surface area contributed by atoms with Crippen LogP contribution in [0.25, 0.3) is 0 Å². The van der Waals surface area contributed by atoms with E-state index in [2.05, 4.69) is 11.9 Å². The van der Waals surface area contributed by atoms with Crippen molar-refractivity contribution in [3.05, 3.63) is 36.4 Å². The van der Waals surface area contributed by atoms with Gasteiger partial charge in [-0.25, -0.2) is 0 Å². The molecule has 1 aromatic carbocycles. The Labute approximate surface area is 113 Å². The quantitative estimate of drug-likeness (QED) is 0.825. The van der Waals surface area contributed by atoms with Crippen LogP contribution in [0.4, 0.5) is 0 Å². The maximum atomic E-state index is 12.2. The van der Waals surface area contributed by atoms with Crippen LogP contribution in [0, 0.1) is 0 Å². The van der Waals surface area contributed by atoms with Gasteiger partial charge in [-0.3, -0.25) is 4.79 Å². The molecule has 4 nitrogen and oxygen atoms in total. The second-order valence-corrected chi connectivity index (χ2v) is 4.65. The van der Waals surface area contributed by atoms with Crippen LogP contribution in [0.2, 0.25) is 0 Å². The Kier molecular flexibility index (Phi) is 3.79. The third kappa shape index (κ3) is 2.18. The molecule has 0 bridgehead atoms. The summed E-state index contributed by atoms with van der Waals surface area (Å²) in [4.78, 5) is 12.2. The summed E-state index contributed by atoms with van der Waals surface area (Å²) in [6.45, 7) is 4.46. The van der Waals surface area contributed by atoms with Crippen molar-refractivity contribution < 1.29 is 14.3 Å². The lowest BCUT2D eigenvalue weighted by atomic mass is 9.76. The second kappa shape index (κ2) is 5.34. The van der Waals surface area contributed by atoms with Gasteiger partial charge in [0.25, 0.3) is 0 Å². The summed E-state index contributed by atoms with van der Waals surface area (Å²) in [5.74, 6) is 1.36. The van der Waals surface area contributed by atoms with Crippen LogP contribution in [0.5, 0.6) is 11.5 Å². The summed E-state index contributed by atoms with van der Waals surface area (Å²) < 4.78 is 10.5. The SMILES string of the molecule is C=CC[C@@]1(c2ccc(OC)c(OC)c2)CCNC1=O. The molecule has 0 aromatic heterocycles. The highest BCUT2D eigenvalue weighted by atomic mass is 16.5. The third-order valence-corrected chi connectivity index (χ3v) is 3.70. The van der Waals surface area contributed by atoms with Crippen LogP contribution in [-0.4, -0.2) is 26.7 Å². The fraction of sp³-hybridized carbons (Fsp3) is 0.400. The van der Waals surface area contributed by atoms with Crippen molar-refractivity contribution in [3.8, 4) is 11.5 Å². The normalized spacial score (nSPS) is 21.9. The first-order valence-electron chi connectivity index (χ1n) is 6.29. The number of carbonyl (C=O) groups is 1. The van der Waals surface area contributed by atoms with Gasteiger partial charge in [0.2, 0.25) is 5.91 Å². The Bertz CT molecular complexity index is 498. The predicted octanol–water partition coefficient (Wildman–Crippen LogP) is 2.04. The van der Waals surface area contributed by atoms with Crippen molar-refractivity contribution in [1.82, 2.24) is 5.32 Å². The summed E-state index contributed by atoms with van der Waals surface area (Å²) in [7, 11) is 3.19. The minimum Gasteiger partial charge on any atom is -0.493 e. The van der Waals surface area contributed by atoms with E-state index >= 15 is 0 Å². The highest BCUT2D eigenvalue weighted by molar-refractivity contribution is 5.90. The third-order valence-electron chi connectivity index (χ3n) is 3.70. The summed E-state index contributed by atoms with van der Waals surface area (Å²) in [5.41, 5.74) is 0.418. The Hall–Kier alpha value is -1.97. The lowest BCUT2D eigenvalue weighted by Crippen LogP contribution is -2.35. The Morgan fingerprint density at radius 3 is 2.63 bits per heavy atom. The zero-order chi connectivity index (χ0) is 13.9. The Morgan fingerprint density at radius 1 is 1.37 bits per heavy atom. The van der Waals surface area contributed by atoms with E-state index in [0.29, 0.717) is 24.5 Å². The number of hydrogen-bond donors (Lipinski definition) is 1. The molecule has 1 N–H and O–H groups in total. The van der Waals surface area contributed by atoms with Crippen LogP contribution in [-0.2, 0) is 10.2 Å². The zero-order valence-electron chi connectivity index (χ0n) is 11.4. The highest BCUT2D eigenvalue weighted by Gasteiger charge is 2.43. The van der Waals surface area contributed by atoms with Gasteiger partial charge in [0.15, 0.2) is 11.5 Å². The summed E-state index contributed by atoms with van der Waals surface area (Å²) in [6, 6.07) is 5.65. The number of benzene rings is 1. The second-order valence-electron chi connectivity index (χ2n) is 4.65. The van der Waals surface area contributed by atoms with E-state index < -0.39 is 5.41 Å². The van der Waals surface area contributed by atoms with E-state index in [-0.39, 0.29) is 5.91 Å². The molecular formula is C15H19NO3. The predicted molar refractivity (Wildman–Crippen MR) is 73.7 cm³/mol. The summed E-state index contributed by atoms with van der Waals surface area (Å²) in [5, 5.41) is 2.90. The standard InChI is InChI=1S/C15H19NO3/c1-4-7-15(8-9-16-14(15)17)11-5-6-12(18-2)13(10-11)19-3/h4-6,10H,1,7-9H2,2-3H3,(H,16,17)/t15-/m0/s1. The minimum absolute atomic E-state index is 0.0552. The summed E-state index contributed by atoms with van der Waals surface area (Å²) in [6.07, 6.45) is 3.18. The van der Waals surface area contributed by atoms with Gasteiger partial charge in [-0.2, -0.15) is 0 Å². The van der Waals surface area contributed by atoms with E-state index in [1.807, 2.05) is 18.2 Å². The van der Waals surface area contributed by atoms with Gasteiger partial charge in [-0.05, 0) is 30.5 Å². The lowest BCUT2D eigenvalue weighted by Gasteiger charge is -2.26. The van der Waals surface area contributed by atoms with Crippen LogP contribution < -0.4 is 14.8 Å². The number of methoxy groups -OCH3 is 2.